The average molecular weight is 171 g/mol. The minimum atomic E-state index is -0.793. The summed E-state index contributed by atoms with van der Waals surface area (Å²) in [7, 11) is 0. The Balaban J connectivity index is 2.45. The second kappa shape index (κ2) is 3.69. The number of carbonyl (C=O) groups excluding carboxylic acids is 1. The van der Waals surface area contributed by atoms with Crippen LogP contribution in [0.5, 0.6) is 0 Å². The Hall–Kier alpha value is -0.870. The smallest absolute Gasteiger partial charge is 0.226 e. The van der Waals surface area contributed by atoms with Gasteiger partial charge < -0.3 is 15.1 Å². The molecular formula is C8H13NO3. The van der Waals surface area contributed by atoms with E-state index in [1.165, 1.54) is 11.0 Å². The lowest BCUT2D eigenvalue weighted by Crippen LogP contribution is -2.29. The highest BCUT2D eigenvalue weighted by molar-refractivity contribution is 5.78. The number of aliphatic hydroxyl groups excluding tert-OH is 2. The minimum Gasteiger partial charge on any atom is -0.388 e. The average Bonchev–Trinajstić information content (AvgIpc) is 2.33. The van der Waals surface area contributed by atoms with Crippen LogP contribution in [0.15, 0.2) is 12.7 Å². The zero-order valence-electron chi connectivity index (χ0n) is 6.81. The number of rotatable bonds is 2. The van der Waals surface area contributed by atoms with Gasteiger partial charge in [-0.25, -0.2) is 0 Å². The van der Waals surface area contributed by atoms with Crippen molar-refractivity contribution in [2.75, 3.05) is 13.1 Å². The monoisotopic (exact) mass is 171 g/mol. The van der Waals surface area contributed by atoms with Gasteiger partial charge in [-0.15, -0.1) is 6.58 Å². The Kier molecular flexibility index (Phi) is 2.83. The maximum Gasteiger partial charge on any atom is 0.226 e. The third-order valence-corrected chi connectivity index (χ3v) is 1.93. The molecule has 0 aromatic rings. The van der Waals surface area contributed by atoms with Gasteiger partial charge in [-0.05, 0) is 0 Å². The summed E-state index contributed by atoms with van der Waals surface area (Å²) in [5, 5.41) is 18.2. The van der Waals surface area contributed by atoms with E-state index in [0.29, 0.717) is 0 Å². The van der Waals surface area contributed by atoms with Crippen LogP contribution < -0.4 is 0 Å². The molecule has 1 rings (SSSR count). The van der Waals surface area contributed by atoms with Crippen molar-refractivity contribution in [2.24, 2.45) is 0 Å². The SMILES string of the molecule is C=CCC(=O)N1C[C@@H](O)[C@@H](O)C1. The van der Waals surface area contributed by atoms with Crippen molar-refractivity contribution in [1.29, 1.82) is 0 Å². The molecule has 0 aromatic heterocycles. The standard InChI is InChI=1S/C8H13NO3/c1-2-3-8(12)9-4-6(10)7(11)5-9/h2,6-7,10-11H,1,3-5H2/t6-,7+. The molecule has 1 amide bonds. The fraction of sp³-hybridized carbons (Fsp3) is 0.625. The van der Waals surface area contributed by atoms with Crippen LogP contribution in [0, 0.1) is 0 Å². The first-order chi connectivity index (χ1) is 5.65. The molecule has 0 bridgehead atoms. The fourth-order valence-electron chi connectivity index (χ4n) is 1.23. The Morgan fingerprint density at radius 2 is 2.00 bits per heavy atom. The number of β-amino-alcohol motifs (C(OH)–C–C–N with tert-alkyl or cyclic N) is 2. The number of hydrogen-bond acceptors (Lipinski definition) is 3. The first kappa shape index (κ1) is 9.22. The van der Waals surface area contributed by atoms with E-state index in [1.54, 1.807) is 0 Å². The molecular weight excluding hydrogens is 158 g/mol. The maximum atomic E-state index is 11.2. The molecule has 0 spiro atoms. The van der Waals surface area contributed by atoms with Crippen LogP contribution in [0.1, 0.15) is 6.42 Å². The number of nitrogens with zero attached hydrogens (tertiary/aromatic N) is 1. The molecule has 12 heavy (non-hydrogen) atoms. The van der Waals surface area contributed by atoms with Gasteiger partial charge in [-0.1, -0.05) is 6.08 Å². The summed E-state index contributed by atoms with van der Waals surface area (Å²) in [5.74, 6) is -0.0967. The number of amides is 1. The molecule has 1 aliphatic heterocycles. The summed E-state index contributed by atoms with van der Waals surface area (Å²) in [4.78, 5) is 12.6. The summed E-state index contributed by atoms with van der Waals surface area (Å²) in [6, 6.07) is 0. The van der Waals surface area contributed by atoms with Gasteiger partial charge in [-0.3, -0.25) is 4.79 Å². The third kappa shape index (κ3) is 1.84. The number of aliphatic hydroxyl groups is 2. The Morgan fingerprint density at radius 3 is 2.42 bits per heavy atom. The lowest BCUT2D eigenvalue weighted by atomic mass is 10.3. The van der Waals surface area contributed by atoms with Crippen molar-refractivity contribution in [3.63, 3.8) is 0 Å². The van der Waals surface area contributed by atoms with Crippen molar-refractivity contribution in [1.82, 2.24) is 4.90 Å². The molecule has 1 heterocycles. The van der Waals surface area contributed by atoms with Gasteiger partial charge in [0.25, 0.3) is 0 Å². The molecule has 4 nitrogen and oxygen atoms in total. The summed E-state index contributed by atoms with van der Waals surface area (Å²) < 4.78 is 0. The lowest BCUT2D eigenvalue weighted by Gasteiger charge is -2.13. The van der Waals surface area contributed by atoms with Gasteiger partial charge in [0, 0.05) is 19.5 Å². The largest absolute Gasteiger partial charge is 0.388 e. The van der Waals surface area contributed by atoms with Crippen molar-refractivity contribution < 1.29 is 15.0 Å². The molecule has 2 atom stereocenters. The zero-order chi connectivity index (χ0) is 9.14. The molecule has 1 fully saturated rings. The van der Waals surface area contributed by atoms with Crippen LogP contribution in [-0.4, -0.2) is 46.3 Å². The van der Waals surface area contributed by atoms with Crippen molar-refractivity contribution in [2.45, 2.75) is 18.6 Å². The van der Waals surface area contributed by atoms with Crippen molar-refractivity contribution in [3.05, 3.63) is 12.7 Å². The molecule has 68 valence electrons. The van der Waals surface area contributed by atoms with Crippen molar-refractivity contribution in [3.8, 4) is 0 Å². The topological polar surface area (TPSA) is 60.8 Å². The van der Waals surface area contributed by atoms with E-state index in [2.05, 4.69) is 6.58 Å². The maximum absolute atomic E-state index is 11.2. The lowest BCUT2D eigenvalue weighted by molar-refractivity contribution is -0.129. The van der Waals surface area contributed by atoms with E-state index >= 15 is 0 Å². The Bertz CT molecular complexity index is 183. The third-order valence-electron chi connectivity index (χ3n) is 1.93. The second-order valence-corrected chi connectivity index (χ2v) is 2.93. The predicted molar refractivity (Wildman–Crippen MR) is 43.4 cm³/mol. The molecule has 0 saturated carbocycles. The summed E-state index contributed by atoms with van der Waals surface area (Å²) in [5.41, 5.74) is 0. The zero-order valence-corrected chi connectivity index (χ0v) is 6.81. The van der Waals surface area contributed by atoms with Gasteiger partial charge in [0.1, 0.15) is 0 Å². The molecule has 0 aromatic carbocycles. The molecule has 0 radical (unpaired) electrons. The van der Waals surface area contributed by atoms with Crippen molar-refractivity contribution >= 4 is 5.91 Å². The summed E-state index contributed by atoms with van der Waals surface area (Å²) in [6.45, 7) is 3.90. The van der Waals surface area contributed by atoms with Gasteiger partial charge in [-0.2, -0.15) is 0 Å². The van der Waals surface area contributed by atoms with E-state index in [9.17, 15) is 4.79 Å². The molecule has 1 aliphatic rings. The normalized spacial score (nSPS) is 29.0. The van der Waals surface area contributed by atoms with Gasteiger partial charge >= 0.3 is 0 Å². The Labute approximate surface area is 71.1 Å². The summed E-state index contributed by atoms with van der Waals surface area (Å²) >= 11 is 0. The molecule has 1 saturated heterocycles. The van der Waals surface area contributed by atoms with E-state index < -0.39 is 12.2 Å². The van der Waals surface area contributed by atoms with Crippen LogP contribution in [0.4, 0.5) is 0 Å². The quantitative estimate of drug-likeness (QED) is 0.531. The number of carbonyl (C=O) groups is 1. The first-order valence-corrected chi connectivity index (χ1v) is 3.90. The highest BCUT2D eigenvalue weighted by Gasteiger charge is 2.31. The van der Waals surface area contributed by atoms with Crippen LogP contribution >= 0.6 is 0 Å². The van der Waals surface area contributed by atoms with Crippen LogP contribution in [0.25, 0.3) is 0 Å². The molecule has 0 aliphatic carbocycles. The highest BCUT2D eigenvalue weighted by Crippen LogP contribution is 2.10. The number of hydrogen-bond donors (Lipinski definition) is 2. The van der Waals surface area contributed by atoms with Gasteiger partial charge in [0.15, 0.2) is 0 Å². The predicted octanol–water partition coefficient (Wildman–Crippen LogP) is -0.874. The molecule has 0 unspecified atom stereocenters. The Morgan fingerprint density at radius 1 is 1.50 bits per heavy atom. The number of likely N-dealkylation sites (tertiary alicyclic amines) is 1. The summed E-state index contributed by atoms with van der Waals surface area (Å²) in [6.07, 6.45) is 0.191. The van der Waals surface area contributed by atoms with Gasteiger partial charge in [0.05, 0.1) is 12.2 Å². The van der Waals surface area contributed by atoms with Crippen LogP contribution in [0.3, 0.4) is 0 Å². The van der Waals surface area contributed by atoms with Crippen LogP contribution in [-0.2, 0) is 4.79 Å². The highest BCUT2D eigenvalue weighted by atomic mass is 16.3. The fourth-order valence-corrected chi connectivity index (χ4v) is 1.23. The minimum absolute atomic E-state index is 0.0967. The second-order valence-electron chi connectivity index (χ2n) is 2.93. The molecule has 2 N–H and O–H groups in total. The molecule has 4 heteroatoms. The van der Waals surface area contributed by atoms with E-state index in [-0.39, 0.29) is 25.4 Å². The first-order valence-electron chi connectivity index (χ1n) is 3.90. The van der Waals surface area contributed by atoms with Crippen LogP contribution in [0.2, 0.25) is 0 Å². The van der Waals surface area contributed by atoms with E-state index in [1.807, 2.05) is 0 Å². The van der Waals surface area contributed by atoms with E-state index in [0.717, 1.165) is 0 Å². The van der Waals surface area contributed by atoms with E-state index in [4.69, 9.17) is 10.2 Å². The van der Waals surface area contributed by atoms with Gasteiger partial charge in [0.2, 0.25) is 5.91 Å².